The van der Waals surface area contributed by atoms with Crippen LogP contribution in [0.4, 0.5) is 0 Å². The topological polar surface area (TPSA) is 58.1 Å². The summed E-state index contributed by atoms with van der Waals surface area (Å²) >= 11 is 5.61. The van der Waals surface area contributed by atoms with Crippen molar-refractivity contribution in [2.75, 3.05) is 12.4 Å². The van der Waals surface area contributed by atoms with E-state index in [0.717, 1.165) is 11.4 Å². The zero-order valence-electron chi connectivity index (χ0n) is 11.5. The monoisotopic (exact) mass is 305 g/mol. The number of hydrogen-bond acceptors (Lipinski definition) is 2. The fraction of sp³-hybridized carbons (Fsp3) is 0.333. The lowest BCUT2D eigenvalue weighted by atomic mass is 10.1. The molecule has 110 valence electrons. The molecule has 0 unspecified atom stereocenters. The number of nitrogens with zero attached hydrogens (tertiary/aromatic N) is 2. The highest BCUT2D eigenvalue weighted by Gasteiger charge is 2.25. The average Bonchev–Trinajstić information content (AvgIpc) is 2.85. The van der Waals surface area contributed by atoms with Crippen molar-refractivity contribution in [3.63, 3.8) is 0 Å². The third kappa shape index (κ3) is 2.61. The molecule has 6 heteroatoms. The molecule has 3 rings (SSSR count). The van der Waals surface area contributed by atoms with Gasteiger partial charge in [-0.05, 0) is 12.1 Å². The maximum Gasteiger partial charge on any atom is 0.276 e. The number of amides is 1. The molecule has 0 bridgehead atoms. The van der Waals surface area contributed by atoms with Crippen LogP contribution in [-0.2, 0) is 17.8 Å². The Morgan fingerprint density at radius 1 is 1.29 bits per heavy atom. The highest BCUT2D eigenvalue weighted by Crippen LogP contribution is 2.16. The van der Waals surface area contributed by atoms with Crippen molar-refractivity contribution in [3.05, 3.63) is 51.9 Å². The molecule has 1 N–H and O–H groups in total. The third-order valence-corrected chi connectivity index (χ3v) is 3.92. The number of halogens is 1. The van der Waals surface area contributed by atoms with E-state index in [1.54, 1.807) is 9.58 Å². The van der Waals surface area contributed by atoms with Gasteiger partial charge in [0.2, 0.25) is 5.91 Å². The Balaban J connectivity index is 1.92. The normalized spacial score (nSPS) is 14.0. The number of fused-ring (bicyclic) bond motifs is 1. The third-order valence-electron chi connectivity index (χ3n) is 3.73. The van der Waals surface area contributed by atoms with Crippen LogP contribution in [0.15, 0.2) is 35.1 Å². The molecule has 1 aliphatic rings. The Morgan fingerprint density at radius 3 is 2.76 bits per heavy atom. The maximum atomic E-state index is 12.5. The van der Waals surface area contributed by atoms with Crippen molar-refractivity contribution in [1.82, 2.24) is 14.7 Å². The molecule has 0 fully saturated rings. The number of carbonyl (C=O) groups excluding carboxylic acids is 1. The van der Waals surface area contributed by atoms with Crippen LogP contribution in [0.25, 0.3) is 5.69 Å². The van der Waals surface area contributed by atoms with E-state index in [1.165, 1.54) is 0 Å². The van der Waals surface area contributed by atoms with E-state index >= 15 is 0 Å². The number of aromatic amines is 1. The maximum absolute atomic E-state index is 12.5. The molecule has 0 saturated heterocycles. The minimum atomic E-state index is -0.0837. The van der Waals surface area contributed by atoms with Crippen LogP contribution in [0.5, 0.6) is 0 Å². The fourth-order valence-electron chi connectivity index (χ4n) is 2.61. The molecule has 0 atom stereocenters. The van der Waals surface area contributed by atoms with E-state index in [-0.39, 0.29) is 11.5 Å². The lowest BCUT2D eigenvalue weighted by Gasteiger charge is -2.25. The molecule has 2 aromatic rings. The SMILES string of the molecule is O=C(CCCl)N1CCc2[nH]n(-c3ccccc3)c(=O)c2C1. The molecule has 0 aliphatic carbocycles. The van der Waals surface area contributed by atoms with Gasteiger partial charge in [0.05, 0.1) is 17.8 Å². The first-order valence-electron chi connectivity index (χ1n) is 6.92. The number of rotatable bonds is 3. The van der Waals surface area contributed by atoms with Gasteiger partial charge in [-0.1, -0.05) is 18.2 Å². The molecule has 1 aliphatic heterocycles. The average molecular weight is 306 g/mol. The zero-order valence-corrected chi connectivity index (χ0v) is 12.3. The Kier molecular flexibility index (Phi) is 3.84. The van der Waals surface area contributed by atoms with Gasteiger partial charge in [-0.3, -0.25) is 14.7 Å². The molecule has 0 radical (unpaired) electrons. The Morgan fingerprint density at radius 2 is 2.05 bits per heavy atom. The van der Waals surface area contributed by atoms with E-state index in [1.807, 2.05) is 30.3 Å². The second-order valence-electron chi connectivity index (χ2n) is 5.05. The first kappa shape index (κ1) is 13.9. The van der Waals surface area contributed by atoms with E-state index in [4.69, 9.17) is 11.6 Å². The lowest BCUT2D eigenvalue weighted by molar-refractivity contribution is -0.131. The number of carbonyl (C=O) groups is 1. The first-order chi connectivity index (χ1) is 10.2. The molecule has 1 aromatic heterocycles. The number of hydrogen-bond donors (Lipinski definition) is 1. The number of aromatic nitrogens is 2. The van der Waals surface area contributed by atoms with Crippen LogP contribution >= 0.6 is 11.6 Å². The summed E-state index contributed by atoms with van der Waals surface area (Å²) in [5.41, 5.74) is 2.31. The summed E-state index contributed by atoms with van der Waals surface area (Å²) < 4.78 is 1.54. The van der Waals surface area contributed by atoms with Crippen LogP contribution in [0.3, 0.4) is 0 Å². The molecular weight excluding hydrogens is 290 g/mol. The van der Waals surface area contributed by atoms with Gasteiger partial charge in [0, 0.05) is 31.0 Å². The molecule has 2 heterocycles. The van der Waals surface area contributed by atoms with Crippen LogP contribution in [0.1, 0.15) is 17.7 Å². The van der Waals surface area contributed by atoms with Gasteiger partial charge in [-0.2, -0.15) is 0 Å². The predicted molar refractivity (Wildman–Crippen MR) is 80.8 cm³/mol. The first-order valence-corrected chi connectivity index (χ1v) is 7.46. The van der Waals surface area contributed by atoms with Gasteiger partial charge >= 0.3 is 0 Å². The van der Waals surface area contributed by atoms with Gasteiger partial charge in [-0.15, -0.1) is 11.6 Å². The predicted octanol–water partition coefficient (Wildman–Crippen LogP) is 1.68. The van der Waals surface area contributed by atoms with Crippen LogP contribution < -0.4 is 5.56 Å². The summed E-state index contributed by atoms with van der Waals surface area (Å²) in [5, 5.41) is 3.15. The van der Waals surface area contributed by atoms with Gasteiger partial charge in [0.1, 0.15) is 0 Å². The fourth-order valence-corrected chi connectivity index (χ4v) is 2.78. The van der Waals surface area contributed by atoms with Crippen molar-refractivity contribution in [1.29, 1.82) is 0 Å². The largest absolute Gasteiger partial charge is 0.338 e. The van der Waals surface area contributed by atoms with E-state index < -0.39 is 0 Å². The number of benzene rings is 1. The second kappa shape index (κ2) is 5.77. The summed E-state index contributed by atoms with van der Waals surface area (Å²) in [7, 11) is 0. The van der Waals surface area contributed by atoms with Crippen LogP contribution in [0.2, 0.25) is 0 Å². The summed E-state index contributed by atoms with van der Waals surface area (Å²) in [6.07, 6.45) is 0.979. The summed E-state index contributed by atoms with van der Waals surface area (Å²) in [5.74, 6) is 0.311. The molecule has 1 aromatic carbocycles. The lowest BCUT2D eigenvalue weighted by Crippen LogP contribution is -2.37. The number of H-pyrrole nitrogens is 1. The zero-order chi connectivity index (χ0) is 14.8. The van der Waals surface area contributed by atoms with Crippen molar-refractivity contribution in [2.45, 2.75) is 19.4 Å². The Bertz CT molecular complexity index is 705. The second-order valence-corrected chi connectivity index (χ2v) is 5.43. The van der Waals surface area contributed by atoms with Gasteiger partial charge < -0.3 is 4.90 Å². The Hall–Kier alpha value is -2.01. The molecule has 21 heavy (non-hydrogen) atoms. The molecular formula is C15H16ClN3O2. The van der Waals surface area contributed by atoms with Gasteiger partial charge in [-0.25, -0.2) is 4.68 Å². The van der Waals surface area contributed by atoms with Crippen LogP contribution in [-0.4, -0.2) is 33.0 Å². The van der Waals surface area contributed by atoms with Crippen molar-refractivity contribution < 1.29 is 4.79 Å². The van der Waals surface area contributed by atoms with Crippen molar-refractivity contribution in [3.8, 4) is 5.69 Å². The number of alkyl halides is 1. The quantitative estimate of drug-likeness (QED) is 0.877. The van der Waals surface area contributed by atoms with E-state index in [0.29, 0.717) is 37.4 Å². The molecule has 1 amide bonds. The highest BCUT2D eigenvalue weighted by molar-refractivity contribution is 6.18. The summed E-state index contributed by atoms with van der Waals surface area (Å²) in [6, 6.07) is 9.43. The minimum absolute atomic E-state index is 0.00233. The van der Waals surface area contributed by atoms with Crippen molar-refractivity contribution in [2.24, 2.45) is 0 Å². The molecule has 0 saturated carbocycles. The summed E-state index contributed by atoms with van der Waals surface area (Å²) in [4.78, 5) is 26.1. The van der Waals surface area contributed by atoms with E-state index in [2.05, 4.69) is 5.10 Å². The smallest absolute Gasteiger partial charge is 0.276 e. The van der Waals surface area contributed by atoms with Gasteiger partial charge in [0.25, 0.3) is 5.56 Å². The Labute approximate surface area is 127 Å². The number of nitrogens with one attached hydrogen (secondary N) is 1. The standard InChI is InChI=1S/C15H16ClN3O2/c16-8-6-14(20)18-9-7-13-12(10-18)15(21)19(17-13)11-4-2-1-3-5-11/h1-5,17H,6-10H2. The van der Waals surface area contributed by atoms with E-state index in [9.17, 15) is 9.59 Å². The number of para-hydroxylation sites is 1. The molecule has 0 spiro atoms. The van der Waals surface area contributed by atoms with Crippen LogP contribution in [0, 0.1) is 0 Å². The highest BCUT2D eigenvalue weighted by atomic mass is 35.5. The van der Waals surface area contributed by atoms with Crippen molar-refractivity contribution >= 4 is 17.5 Å². The molecule has 5 nitrogen and oxygen atoms in total. The summed E-state index contributed by atoms with van der Waals surface area (Å²) in [6.45, 7) is 0.984. The van der Waals surface area contributed by atoms with Gasteiger partial charge in [0.15, 0.2) is 0 Å². The minimum Gasteiger partial charge on any atom is -0.338 e.